The van der Waals surface area contributed by atoms with Crippen LogP contribution in [0, 0.1) is 5.82 Å². The van der Waals surface area contributed by atoms with E-state index in [0.717, 1.165) is 36.9 Å². The highest BCUT2D eigenvalue weighted by Gasteiger charge is 2.24. The number of nitrogens with zero attached hydrogens (tertiary/aromatic N) is 3. The molecule has 0 saturated carbocycles. The predicted molar refractivity (Wildman–Crippen MR) is 100 cm³/mol. The monoisotopic (exact) mass is 366 g/mol. The standard InChI is InChI=1S/C20H19FN4O2/c21-14-7-5-13(6-8-14)12-23-20(27)17-18(26)16-15(4-3-9-22-16)19(24-17)25-10-1-2-11-25/h3-9,26H,1-2,10-12H2,(H,23,27). The molecule has 27 heavy (non-hydrogen) atoms. The van der Waals surface area contributed by atoms with Gasteiger partial charge in [-0.15, -0.1) is 0 Å². The minimum atomic E-state index is -0.496. The maximum absolute atomic E-state index is 13.0. The quantitative estimate of drug-likeness (QED) is 0.742. The van der Waals surface area contributed by atoms with Crippen molar-refractivity contribution in [3.63, 3.8) is 0 Å². The van der Waals surface area contributed by atoms with Gasteiger partial charge in [0, 0.05) is 31.2 Å². The van der Waals surface area contributed by atoms with E-state index in [1.54, 1.807) is 24.4 Å². The zero-order valence-electron chi connectivity index (χ0n) is 14.7. The van der Waals surface area contributed by atoms with Crippen molar-refractivity contribution in [2.75, 3.05) is 18.0 Å². The molecule has 0 unspecified atom stereocenters. The second-order valence-electron chi connectivity index (χ2n) is 6.54. The minimum Gasteiger partial charge on any atom is -0.504 e. The largest absolute Gasteiger partial charge is 0.504 e. The Morgan fingerprint density at radius 3 is 2.67 bits per heavy atom. The molecule has 138 valence electrons. The number of nitrogens with one attached hydrogen (secondary N) is 1. The fourth-order valence-corrected chi connectivity index (χ4v) is 3.30. The number of hydrogen-bond donors (Lipinski definition) is 2. The zero-order chi connectivity index (χ0) is 18.8. The van der Waals surface area contributed by atoms with Gasteiger partial charge >= 0.3 is 0 Å². The van der Waals surface area contributed by atoms with E-state index in [-0.39, 0.29) is 23.8 Å². The number of fused-ring (bicyclic) bond motifs is 1. The van der Waals surface area contributed by atoms with Crippen LogP contribution in [0.15, 0.2) is 42.6 Å². The Morgan fingerprint density at radius 2 is 1.93 bits per heavy atom. The summed E-state index contributed by atoms with van der Waals surface area (Å²) in [4.78, 5) is 23.5. The lowest BCUT2D eigenvalue weighted by molar-refractivity contribution is 0.0943. The van der Waals surface area contributed by atoms with E-state index in [2.05, 4.69) is 20.2 Å². The van der Waals surface area contributed by atoms with Gasteiger partial charge < -0.3 is 15.3 Å². The number of aromatic hydroxyl groups is 1. The number of hydrogen-bond acceptors (Lipinski definition) is 5. The molecule has 3 heterocycles. The molecular weight excluding hydrogens is 347 g/mol. The molecule has 0 spiro atoms. The summed E-state index contributed by atoms with van der Waals surface area (Å²) in [6.45, 7) is 1.93. The van der Waals surface area contributed by atoms with Crippen LogP contribution in [-0.2, 0) is 6.54 Å². The van der Waals surface area contributed by atoms with Crippen LogP contribution in [-0.4, -0.2) is 34.1 Å². The number of amides is 1. The predicted octanol–water partition coefficient (Wildman–Crippen LogP) is 3.00. The van der Waals surface area contributed by atoms with Crippen molar-refractivity contribution in [2.24, 2.45) is 0 Å². The number of rotatable bonds is 4. The number of carbonyl (C=O) groups excluding carboxylic acids is 1. The molecule has 0 bridgehead atoms. The van der Waals surface area contributed by atoms with E-state index in [4.69, 9.17) is 0 Å². The molecule has 1 fully saturated rings. The van der Waals surface area contributed by atoms with Crippen molar-refractivity contribution in [1.29, 1.82) is 0 Å². The average Bonchev–Trinajstić information content (AvgIpc) is 3.22. The average molecular weight is 366 g/mol. The highest BCUT2D eigenvalue weighted by molar-refractivity contribution is 6.03. The molecule has 2 aromatic heterocycles. The number of benzene rings is 1. The first-order valence-corrected chi connectivity index (χ1v) is 8.89. The molecule has 7 heteroatoms. The third-order valence-electron chi connectivity index (χ3n) is 4.70. The van der Waals surface area contributed by atoms with Gasteiger partial charge in [0.05, 0.1) is 0 Å². The Morgan fingerprint density at radius 1 is 1.19 bits per heavy atom. The van der Waals surface area contributed by atoms with Gasteiger partial charge in [0.15, 0.2) is 11.4 Å². The molecular formula is C20H19FN4O2. The Kier molecular flexibility index (Phi) is 4.58. The lowest BCUT2D eigenvalue weighted by atomic mass is 10.1. The van der Waals surface area contributed by atoms with Gasteiger partial charge in [-0.1, -0.05) is 12.1 Å². The molecule has 1 aliphatic heterocycles. The molecule has 0 aliphatic carbocycles. The van der Waals surface area contributed by atoms with Gasteiger partial charge in [-0.2, -0.15) is 0 Å². The van der Waals surface area contributed by atoms with Crippen LogP contribution in [0.2, 0.25) is 0 Å². The summed E-state index contributed by atoms with van der Waals surface area (Å²) in [5.41, 5.74) is 1.06. The van der Waals surface area contributed by atoms with Crippen molar-refractivity contribution >= 4 is 22.6 Å². The molecule has 1 saturated heterocycles. The van der Waals surface area contributed by atoms with Crippen molar-refractivity contribution in [3.05, 3.63) is 59.7 Å². The Bertz CT molecular complexity index is 985. The topological polar surface area (TPSA) is 78.4 Å². The van der Waals surface area contributed by atoms with Crippen molar-refractivity contribution in [3.8, 4) is 5.75 Å². The van der Waals surface area contributed by atoms with Crippen molar-refractivity contribution < 1.29 is 14.3 Å². The smallest absolute Gasteiger partial charge is 0.274 e. The number of pyridine rings is 2. The van der Waals surface area contributed by atoms with Gasteiger partial charge in [0.1, 0.15) is 17.2 Å². The molecule has 0 radical (unpaired) electrons. The fraction of sp³-hybridized carbons (Fsp3) is 0.250. The molecule has 3 aromatic rings. The molecule has 6 nitrogen and oxygen atoms in total. The first-order chi connectivity index (χ1) is 13.1. The molecule has 4 rings (SSSR count). The van der Waals surface area contributed by atoms with Gasteiger partial charge in [-0.3, -0.25) is 9.78 Å². The molecule has 1 aliphatic rings. The van der Waals surface area contributed by atoms with Crippen LogP contribution in [0.25, 0.3) is 10.9 Å². The van der Waals surface area contributed by atoms with Crippen LogP contribution in [0.4, 0.5) is 10.2 Å². The van der Waals surface area contributed by atoms with Crippen LogP contribution >= 0.6 is 0 Å². The first-order valence-electron chi connectivity index (χ1n) is 8.89. The fourth-order valence-electron chi connectivity index (χ4n) is 3.30. The van der Waals surface area contributed by atoms with Crippen LogP contribution in [0.5, 0.6) is 5.75 Å². The van der Waals surface area contributed by atoms with Gasteiger partial charge in [0.25, 0.3) is 5.91 Å². The SMILES string of the molecule is O=C(NCc1ccc(F)cc1)c1nc(N2CCCC2)c2cccnc2c1O. The van der Waals surface area contributed by atoms with E-state index in [1.807, 2.05) is 6.07 Å². The molecule has 2 N–H and O–H groups in total. The van der Waals surface area contributed by atoms with Gasteiger partial charge in [-0.05, 0) is 42.7 Å². The number of anilines is 1. The van der Waals surface area contributed by atoms with Crippen molar-refractivity contribution in [1.82, 2.24) is 15.3 Å². The Hall–Kier alpha value is -3.22. The second-order valence-corrected chi connectivity index (χ2v) is 6.54. The summed E-state index contributed by atoms with van der Waals surface area (Å²) in [5, 5.41) is 14.0. The van der Waals surface area contributed by atoms with E-state index >= 15 is 0 Å². The molecule has 1 amide bonds. The summed E-state index contributed by atoms with van der Waals surface area (Å²) in [6, 6.07) is 9.51. The lowest BCUT2D eigenvalue weighted by Crippen LogP contribution is -2.26. The van der Waals surface area contributed by atoms with Crippen molar-refractivity contribution in [2.45, 2.75) is 19.4 Å². The molecule has 1 aromatic carbocycles. The Balaban J connectivity index is 1.66. The summed E-state index contributed by atoms with van der Waals surface area (Å²) in [5.74, 6) is -0.393. The summed E-state index contributed by atoms with van der Waals surface area (Å²) in [7, 11) is 0. The number of carbonyl (C=O) groups is 1. The van der Waals surface area contributed by atoms with Gasteiger partial charge in [-0.25, -0.2) is 9.37 Å². The van der Waals surface area contributed by atoms with E-state index < -0.39 is 5.91 Å². The highest BCUT2D eigenvalue weighted by Crippen LogP contribution is 2.33. The lowest BCUT2D eigenvalue weighted by Gasteiger charge is -2.20. The maximum Gasteiger partial charge on any atom is 0.274 e. The third-order valence-corrected chi connectivity index (χ3v) is 4.70. The minimum absolute atomic E-state index is 0.0507. The van der Waals surface area contributed by atoms with E-state index in [1.165, 1.54) is 12.1 Å². The summed E-state index contributed by atoms with van der Waals surface area (Å²) >= 11 is 0. The van der Waals surface area contributed by atoms with E-state index in [9.17, 15) is 14.3 Å². The van der Waals surface area contributed by atoms with E-state index in [0.29, 0.717) is 11.3 Å². The van der Waals surface area contributed by atoms with Crippen LogP contribution in [0.1, 0.15) is 28.9 Å². The summed E-state index contributed by atoms with van der Waals surface area (Å²) < 4.78 is 13.0. The molecule has 0 atom stereocenters. The Labute approximate surface area is 155 Å². The number of halogens is 1. The second kappa shape index (κ2) is 7.19. The normalized spacial score (nSPS) is 13.9. The maximum atomic E-state index is 13.0. The van der Waals surface area contributed by atoms with Crippen LogP contribution in [0.3, 0.4) is 0 Å². The third kappa shape index (κ3) is 3.40. The zero-order valence-corrected chi connectivity index (χ0v) is 14.7. The number of aromatic nitrogens is 2. The summed E-state index contributed by atoms with van der Waals surface area (Å²) in [6.07, 6.45) is 3.71. The van der Waals surface area contributed by atoms with Crippen LogP contribution < -0.4 is 10.2 Å². The first kappa shape index (κ1) is 17.2. The van der Waals surface area contributed by atoms with Gasteiger partial charge in [0.2, 0.25) is 0 Å². The highest BCUT2D eigenvalue weighted by atomic mass is 19.1.